The Balaban J connectivity index is 1.53. The van der Waals surface area contributed by atoms with Crippen LogP contribution in [0.25, 0.3) is 0 Å². The van der Waals surface area contributed by atoms with E-state index < -0.39 is 0 Å². The molecule has 0 aromatic carbocycles. The summed E-state index contributed by atoms with van der Waals surface area (Å²) in [4.78, 5) is 0. The van der Waals surface area contributed by atoms with E-state index in [0.29, 0.717) is 5.92 Å². The van der Waals surface area contributed by atoms with Crippen molar-refractivity contribution in [1.29, 1.82) is 0 Å². The van der Waals surface area contributed by atoms with Crippen molar-refractivity contribution in [2.45, 2.75) is 69.4 Å². The Kier molecular flexibility index (Phi) is 4.47. The van der Waals surface area contributed by atoms with Crippen molar-refractivity contribution in [2.24, 2.45) is 11.7 Å². The fourth-order valence-corrected chi connectivity index (χ4v) is 3.98. The molecule has 2 atom stereocenters. The summed E-state index contributed by atoms with van der Waals surface area (Å²) in [6.45, 7) is 0.902. The third kappa shape index (κ3) is 3.26. The van der Waals surface area contributed by atoms with E-state index in [-0.39, 0.29) is 11.6 Å². The van der Waals surface area contributed by atoms with Crippen LogP contribution in [0, 0.1) is 5.92 Å². The highest BCUT2D eigenvalue weighted by Gasteiger charge is 2.39. The Morgan fingerprint density at radius 3 is 2.90 bits per heavy atom. The molecule has 1 aromatic heterocycles. The highest BCUT2D eigenvalue weighted by molar-refractivity contribution is 4.99. The minimum atomic E-state index is 0.170. The molecule has 2 N–H and O–H groups in total. The summed E-state index contributed by atoms with van der Waals surface area (Å²) in [5.41, 5.74) is 6.63. The minimum absolute atomic E-state index is 0.170. The third-order valence-electron chi connectivity index (χ3n) is 5.21. The molecule has 2 heterocycles. The van der Waals surface area contributed by atoms with Crippen molar-refractivity contribution in [3.05, 3.63) is 24.2 Å². The van der Waals surface area contributed by atoms with E-state index in [0.717, 1.165) is 31.6 Å². The second-order valence-electron chi connectivity index (χ2n) is 6.63. The van der Waals surface area contributed by atoms with Gasteiger partial charge in [0.05, 0.1) is 11.9 Å². The van der Waals surface area contributed by atoms with Gasteiger partial charge >= 0.3 is 0 Å². The Morgan fingerprint density at radius 1 is 1.30 bits per heavy atom. The molecule has 0 amide bonds. The molecule has 2 aliphatic rings. The zero-order valence-electron chi connectivity index (χ0n) is 12.4. The average Bonchev–Trinajstić information content (AvgIpc) is 2.99. The summed E-state index contributed by atoms with van der Waals surface area (Å²) in [5, 5.41) is 0. The van der Waals surface area contributed by atoms with E-state index in [4.69, 9.17) is 14.9 Å². The SMILES string of the molecule is NC(CCc1ccco1)C1CCOC2(CCCCC2)C1. The van der Waals surface area contributed by atoms with Gasteiger partial charge in [0.2, 0.25) is 0 Å². The lowest BCUT2D eigenvalue weighted by Gasteiger charge is -2.45. The predicted molar refractivity (Wildman–Crippen MR) is 79.5 cm³/mol. The third-order valence-corrected chi connectivity index (χ3v) is 5.21. The van der Waals surface area contributed by atoms with Gasteiger partial charge in [-0.25, -0.2) is 0 Å². The normalized spacial score (nSPS) is 27.6. The molecule has 0 bridgehead atoms. The number of aryl methyl sites for hydroxylation is 1. The first-order chi connectivity index (χ1) is 9.77. The standard InChI is InChI=1S/C17H27NO2/c18-16(7-6-15-5-4-11-19-15)14-8-12-20-17(13-14)9-2-1-3-10-17/h4-5,11,14,16H,1-3,6-10,12-13,18H2. The predicted octanol–water partition coefficient (Wildman–Crippen LogP) is 3.67. The Morgan fingerprint density at radius 2 is 2.15 bits per heavy atom. The van der Waals surface area contributed by atoms with Crippen LogP contribution in [0.5, 0.6) is 0 Å². The fourth-order valence-electron chi connectivity index (χ4n) is 3.98. The molecule has 3 rings (SSSR count). The molecule has 0 radical (unpaired) electrons. The topological polar surface area (TPSA) is 48.4 Å². The number of rotatable bonds is 4. The van der Waals surface area contributed by atoms with Crippen molar-refractivity contribution in [3.8, 4) is 0 Å². The largest absolute Gasteiger partial charge is 0.469 e. The van der Waals surface area contributed by atoms with Crippen LogP contribution < -0.4 is 5.73 Å². The molecule has 3 nitrogen and oxygen atoms in total. The van der Waals surface area contributed by atoms with E-state index in [9.17, 15) is 0 Å². The van der Waals surface area contributed by atoms with Gasteiger partial charge in [-0.05, 0) is 50.2 Å². The number of nitrogens with two attached hydrogens (primary N) is 1. The smallest absolute Gasteiger partial charge is 0.103 e. The fraction of sp³-hybridized carbons (Fsp3) is 0.765. The first kappa shape index (κ1) is 14.2. The molecular formula is C17H27NO2. The molecule has 1 aliphatic heterocycles. The Labute approximate surface area is 121 Å². The number of furan rings is 1. The van der Waals surface area contributed by atoms with Crippen molar-refractivity contribution >= 4 is 0 Å². The second kappa shape index (κ2) is 6.31. The van der Waals surface area contributed by atoms with Crippen molar-refractivity contribution in [3.63, 3.8) is 0 Å². The van der Waals surface area contributed by atoms with Gasteiger partial charge in [-0.15, -0.1) is 0 Å². The summed E-state index contributed by atoms with van der Waals surface area (Å²) in [5.74, 6) is 1.68. The van der Waals surface area contributed by atoms with Crippen LogP contribution in [0.2, 0.25) is 0 Å². The van der Waals surface area contributed by atoms with Gasteiger partial charge in [-0.3, -0.25) is 0 Å². The summed E-state index contributed by atoms with van der Waals surface area (Å²) in [7, 11) is 0. The van der Waals surface area contributed by atoms with Crippen LogP contribution >= 0.6 is 0 Å². The van der Waals surface area contributed by atoms with Gasteiger partial charge in [0.25, 0.3) is 0 Å². The molecular weight excluding hydrogens is 250 g/mol. The summed E-state index contributed by atoms with van der Waals surface area (Å²) >= 11 is 0. The molecule has 20 heavy (non-hydrogen) atoms. The molecule has 2 unspecified atom stereocenters. The van der Waals surface area contributed by atoms with Crippen molar-refractivity contribution in [1.82, 2.24) is 0 Å². The average molecular weight is 277 g/mol. The molecule has 3 heteroatoms. The molecule has 112 valence electrons. The maximum Gasteiger partial charge on any atom is 0.103 e. The minimum Gasteiger partial charge on any atom is -0.469 e. The Bertz CT molecular complexity index is 390. The number of hydrogen-bond acceptors (Lipinski definition) is 3. The van der Waals surface area contributed by atoms with Crippen LogP contribution in [-0.2, 0) is 11.2 Å². The molecule has 1 aromatic rings. The van der Waals surface area contributed by atoms with E-state index in [1.807, 2.05) is 12.1 Å². The number of ether oxygens (including phenoxy) is 1. The van der Waals surface area contributed by atoms with Gasteiger partial charge in [0, 0.05) is 19.1 Å². The molecule has 1 spiro atoms. The quantitative estimate of drug-likeness (QED) is 0.913. The molecule has 2 fully saturated rings. The highest BCUT2D eigenvalue weighted by atomic mass is 16.5. The maximum atomic E-state index is 6.46. The summed E-state index contributed by atoms with van der Waals surface area (Å²) in [6, 6.07) is 4.27. The monoisotopic (exact) mass is 277 g/mol. The van der Waals surface area contributed by atoms with Crippen LogP contribution in [0.1, 0.15) is 57.1 Å². The lowest BCUT2D eigenvalue weighted by atomic mass is 9.73. The van der Waals surface area contributed by atoms with Crippen LogP contribution in [-0.4, -0.2) is 18.2 Å². The molecule has 1 saturated heterocycles. The summed E-state index contributed by atoms with van der Waals surface area (Å²) < 4.78 is 11.6. The van der Waals surface area contributed by atoms with E-state index in [2.05, 4.69) is 0 Å². The van der Waals surface area contributed by atoms with Crippen LogP contribution in [0.4, 0.5) is 0 Å². The van der Waals surface area contributed by atoms with E-state index >= 15 is 0 Å². The first-order valence-electron chi connectivity index (χ1n) is 8.19. The maximum absolute atomic E-state index is 6.46. The lowest BCUT2D eigenvalue weighted by Crippen LogP contribution is -2.46. The van der Waals surface area contributed by atoms with Gasteiger partial charge < -0.3 is 14.9 Å². The molecule has 1 aliphatic carbocycles. The Hall–Kier alpha value is -0.800. The van der Waals surface area contributed by atoms with Gasteiger partial charge in [0.15, 0.2) is 0 Å². The highest BCUT2D eigenvalue weighted by Crippen LogP contribution is 2.41. The van der Waals surface area contributed by atoms with Gasteiger partial charge in [-0.2, -0.15) is 0 Å². The summed E-state index contributed by atoms with van der Waals surface area (Å²) in [6.07, 6.45) is 12.5. The molecule has 1 saturated carbocycles. The zero-order valence-corrected chi connectivity index (χ0v) is 12.4. The zero-order chi connectivity index (χ0) is 13.8. The lowest BCUT2D eigenvalue weighted by molar-refractivity contribution is -0.120. The second-order valence-corrected chi connectivity index (χ2v) is 6.63. The first-order valence-corrected chi connectivity index (χ1v) is 8.19. The van der Waals surface area contributed by atoms with Crippen LogP contribution in [0.15, 0.2) is 22.8 Å². The van der Waals surface area contributed by atoms with Crippen molar-refractivity contribution in [2.75, 3.05) is 6.61 Å². The van der Waals surface area contributed by atoms with Gasteiger partial charge in [0.1, 0.15) is 5.76 Å². The van der Waals surface area contributed by atoms with Crippen LogP contribution in [0.3, 0.4) is 0 Å². The van der Waals surface area contributed by atoms with Gasteiger partial charge in [-0.1, -0.05) is 19.3 Å². The van der Waals surface area contributed by atoms with E-state index in [1.165, 1.54) is 38.5 Å². The van der Waals surface area contributed by atoms with Crippen molar-refractivity contribution < 1.29 is 9.15 Å². The van der Waals surface area contributed by atoms with E-state index in [1.54, 1.807) is 6.26 Å². The number of hydrogen-bond donors (Lipinski definition) is 1.